The number of aliphatic carboxylic acids is 2. The normalized spacial score (nSPS) is 11.3. The number of rotatable bonds is 41. The van der Waals surface area contributed by atoms with E-state index in [1.54, 1.807) is 138 Å². The van der Waals surface area contributed by atoms with Crippen LogP contribution in [0.2, 0.25) is 0 Å². The predicted molar refractivity (Wildman–Crippen MR) is 563 cm³/mol. The van der Waals surface area contributed by atoms with Crippen LogP contribution in [-0.4, -0.2) is 142 Å². The molecule has 772 valence electrons. The molecule has 3 unspecified atom stereocenters. The summed E-state index contributed by atoms with van der Waals surface area (Å²) >= 11 is 1.18. The van der Waals surface area contributed by atoms with Crippen LogP contribution in [0.5, 0.6) is 5.75 Å². The Morgan fingerprint density at radius 2 is 0.648 bits per heavy atom. The first-order chi connectivity index (χ1) is 66.8. The average Bonchev–Trinajstić information content (AvgIpc) is 0.811. The lowest BCUT2D eigenvalue weighted by Crippen LogP contribution is -2.29. The van der Waals surface area contributed by atoms with E-state index in [1.807, 2.05) is 165 Å². The van der Waals surface area contributed by atoms with Crippen LogP contribution in [0.1, 0.15) is 343 Å². The summed E-state index contributed by atoms with van der Waals surface area (Å²) in [7, 11) is 0. The zero-order chi connectivity index (χ0) is 108. The van der Waals surface area contributed by atoms with Crippen LogP contribution in [0.15, 0.2) is 207 Å². The Morgan fingerprint density at radius 3 is 0.965 bits per heavy atom. The van der Waals surface area contributed by atoms with Crippen molar-refractivity contribution in [2.45, 2.75) is 253 Å². The largest absolute Gasteiger partial charge is 0.481 e. The van der Waals surface area contributed by atoms with Crippen LogP contribution < -0.4 is 20.7 Å². The number of carbonyl (C=O) groups is 14. The lowest BCUT2D eigenvalue weighted by molar-refractivity contribution is -0.159. The summed E-state index contributed by atoms with van der Waals surface area (Å²) in [5, 5.41) is 42.7. The second-order valence-electron chi connectivity index (χ2n) is 36.4. The number of amides is 3. The molecule has 8 aromatic rings. The number of carbonyl (C=O) groups excluding carboxylic acids is 10. The van der Waals surface area contributed by atoms with Gasteiger partial charge in [0.25, 0.3) is 5.91 Å². The van der Waals surface area contributed by atoms with Crippen LogP contribution in [0.25, 0.3) is 12.2 Å². The molecule has 0 aliphatic heterocycles. The van der Waals surface area contributed by atoms with Crippen molar-refractivity contribution in [2.24, 2.45) is 21.7 Å². The molecule has 0 radical (unpaired) electrons. The fraction of sp³-hybridized carbons (Fsp3) is 0.421. The van der Waals surface area contributed by atoms with Gasteiger partial charge in [-0.2, -0.15) is 0 Å². The Labute approximate surface area is 843 Å². The van der Waals surface area contributed by atoms with Gasteiger partial charge in [-0.15, -0.1) is 0 Å². The number of carboxylic acids is 4. The smallest absolute Gasteiger partial charge is 0.343 e. The lowest BCUT2D eigenvalue weighted by atomic mass is 9.82. The predicted octanol–water partition coefficient (Wildman–Crippen LogP) is 25.7. The van der Waals surface area contributed by atoms with Crippen LogP contribution in [0.4, 0.5) is 17.1 Å². The quantitative estimate of drug-likeness (QED) is 0.00810. The SMILES string of the molecule is C=Cc1ccc(NC(=O)c2ccc(C(C)CC)cc2)cc1.C=Cc1ccc(OC(=O)c2ccc(C(C)CC)cc2)cc1.CCC(C)(C)C(=O)Nc1ccc(C(=O)SC)cc1.CCC(C)(C)C(=O)OCCOC(=O)CCC(=O)O.CCC(C)(C)C(=O)OCCOC(=O)CCC(=O)O.CCC(C)(C)c1ccc(C(=O)O)cc1.CCC(C)c1ccc(C(=O)O)cc1.CCOC(=O)c1ccc(NC(=O)C(C)(C)CC)cc1. The van der Waals surface area contributed by atoms with Gasteiger partial charge in [-0.1, -0.05) is 228 Å². The van der Waals surface area contributed by atoms with Crippen LogP contribution >= 0.6 is 11.8 Å². The van der Waals surface area contributed by atoms with E-state index in [9.17, 15) is 67.1 Å². The number of ether oxygens (including phenoxy) is 6. The lowest BCUT2D eigenvalue weighted by Gasteiger charge is -2.23. The molecule has 0 aliphatic rings. The minimum absolute atomic E-state index is 0.00561. The van der Waals surface area contributed by atoms with Gasteiger partial charge in [-0.3, -0.25) is 47.9 Å². The number of anilines is 3. The van der Waals surface area contributed by atoms with Gasteiger partial charge >= 0.3 is 59.7 Å². The number of thioether (sulfide) groups is 1. The summed E-state index contributed by atoms with van der Waals surface area (Å²) in [4.78, 5) is 158. The monoisotopic (exact) mass is 1980 g/mol. The molecule has 0 spiro atoms. The highest BCUT2D eigenvalue weighted by Crippen LogP contribution is 2.31. The van der Waals surface area contributed by atoms with Crippen molar-refractivity contribution in [1.82, 2.24) is 0 Å². The summed E-state index contributed by atoms with van der Waals surface area (Å²) in [6, 6.07) is 58.2. The zero-order valence-electron chi connectivity index (χ0n) is 87.2. The summed E-state index contributed by atoms with van der Waals surface area (Å²) < 4.78 is 29.5. The molecular formula is C114H151N3O24S. The maximum absolute atomic E-state index is 12.2. The molecule has 0 saturated carbocycles. The number of benzene rings is 8. The van der Waals surface area contributed by atoms with Crippen LogP contribution in [0, 0.1) is 21.7 Å². The van der Waals surface area contributed by atoms with Gasteiger partial charge in [0.15, 0.2) is 0 Å². The molecule has 0 saturated heterocycles. The molecule has 8 rings (SSSR count). The topological polar surface area (TPSA) is 411 Å². The van der Waals surface area contributed by atoms with Crippen molar-refractivity contribution in [3.05, 3.63) is 274 Å². The van der Waals surface area contributed by atoms with Crippen LogP contribution in [0.3, 0.4) is 0 Å². The van der Waals surface area contributed by atoms with Gasteiger partial charge < -0.3 is 64.8 Å². The van der Waals surface area contributed by atoms with Crippen molar-refractivity contribution in [2.75, 3.05) is 55.2 Å². The summed E-state index contributed by atoms with van der Waals surface area (Å²) in [6.45, 7) is 51.2. The van der Waals surface area contributed by atoms with Gasteiger partial charge in [-0.05, 0) is 270 Å². The number of carboxylic acid groups (broad SMARTS) is 4. The highest BCUT2D eigenvalue weighted by atomic mass is 32.2. The molecule has 0 heterocycles. The minimum atomic E-state index is -1.05. The Balaban J connectivity index is 0.000000815. The van der Waals surface area contributed by atoms with Crippen molar-refractivity contribution >= 4 is 124 Å². The van der Waals surface area contributed by atoms with E-state index in [4.69, 9.17) is 48.8 Å². The number of nitrogens with one attached hydrogen (secondary N) is 3. The highest BCUT2D eigenvalue weighted by Gasteiger charge is 2.30. The molecule has 142 heavy (non-hydrogen) atoms. The van der Waals surface area contributed by atoms with Gasteiger partial charge in [0.1, 0.15) is 32.2 Å². The molecule has 8 aromatic carbocycles. The van der Waals surface area contributed by atoms with Crippen molar-refractivity contribution < 1.29 is 116 Å². The first-order valence-electron chi connectivity index (χ1n) is 47.8. The van der Waals surface area contributed by atoms with Crippen molar-refractivity contribution in [3.63, 3.8) is 0 Å². The number of hydrogen-bond donors (Lipinski definition) is 7. The summed E-state index contributed by atoms with van der Waals surface area (Å²) in [6.07, 6.45) is 11.6. The molecule has 0 bridgehead atoms. The molecule has 28 heteroatoms. The second kappa shape index (κ2) is 65.4. The molecule has 0 aliphatic carbocycles. The maximum atomic E-state index is 12.2. The Morgan fingerprint density at radius 1 is 0.345 bits per heavy atom. The molecule has 3 amide bonds. The maximum Gasteiger partial charge on any atom is 0.343 e. The van der Waals surface area contributed by atoms with E-state index >= 15 is 0 Å². The number of hydrogen-bond acceptors (Lipinski definition) is 21. The Bertz CT molecular complexity index is 5120. The third kappa shape index (κ3) is 48.5. The number of aromatic carboxylic acids is 2. The van der Waals surface area contributed by atoms with E-state index in [2.05, 4.69) is 91.4 Å². The van der Waals surface area contributed by atoms with Gasteiger partial charge in [0, 0.05) is 39.0 Å². The molecule has 27 nitrogen and oxygen atoms in total. The molecular weight excluding hydrogens is 1830 g/mol. The zero-order valence-corrected chi connectivity index (χ0v) is 88.0. The standard InChI is InChI=1S/C19H21NO.C19H20O2.C15H21NO3.C14H19NO2S.2C12H20O6.C12H16O2.C11H14O2/c1-4-14(3)16-8-10-17(11-9-16)19(21)20-18-12-6-15(5-2)7-13-18;1-4-14(3)16-8-10-17(11-9-16)19(20)21-18-12-6-15(5-2)7-13-18;1-5-15(3,4)14(18)16-12-9-7-11(8-10-12)13(17)19-6-2;1-5-14(2,3)13(17)15-11-8-6-10(7-9-11)12(16)18-4;2*1-4-12(2,3)11(16)18-8-7-17-10(15)6-5-9(13)14;1-4-12(2,3)10-7-5-9(6-8-10)11(13)14;1-3-8(2)9-4-6-10(7-5-9)11(12)13/h5-14H,2,4H2,1,3H3,(H,20,21);5-14H,2,4H2,1,3H3;7-10H,5-6H2,1-4H3,(H,16,18);6-9H,5H2,1-4H3,(H,15,17);2*4-8H2,1-3H3,(H,13,14);5-8H,4H2,1-3H3,(H,13,14);4-8H,3H2,1-2H3,(H,12,13). The fourth-order valence-electron chi connectivity index (χ4n) is 11.0. The number of esters is 6. The fourth-order valence-corrected chi connectivity index (χ4v) is 11.4. The first kappa shape index (κ1) is 126. The Hall–Kier alpha value is -13.6. The van der Waals surface area contributed by atoms with Crippen molar-refractivity contribution in [1.29, 1.82) is 0 Å². The molecule has 7 N–H and O–H groups in total. The summed E-state index contributed by atoms with van der Waals surface area (Å²) in [5.41, 5.74) is 10.4. The minimum Gasteiger partial charge on any atom is -0.481 e. The van der Waals surface area contributed by atoms with Gasteiger partial charge in [0.05, 0.1) is 65.4 Å². The molecule has 3 atom stereocenters. The van der Waals surface area contributed by atoms with E-state index in [-0.39, 0.29) is 110 Å². The average molecular weight is 1980 g/mol. The van der Waals surface area contributed by atoms with E-state index in [0.717, 1.165) is 61.0 Å². The van der Waals surface area contributed by atoms with Gasteiger partial charge in [0.2, 0.25) is 16.9 Å². The van der Waals surface area contributed by atoms with Crippen molar-refractivity contribution in [3.8, 4) is 5.75 Å². The third-order valence-electron chi connectivity index (χ3n) is 23.9. The van der Waals surface area contributed by atoms with Gasteiger partial charge in [-0.25, -0.2) is 19.2 Å². The van der Waals surface area contributed by atoms with Crippen LogP contribution in [-0.2, 0) is 67.5 Å². The third-order valence-corrected chi connectivity index (χ3v) is 24.5. The van der Waals surface area contributed by atoms with E-state index in [0.29, 0.717) is 82.0 Å². The highest BCUT2D eigenvalue weighted by molar-refractivity contribution is 8.13. The van der Waals surface area contributed by atoms with E-state index < -0.39 is 52.1 Å². The second-order valence-corrected chi connectivity index (χ2v) is 37.2. The summed E-state index contributed by atoms with van der Waals surface area (Å²) in [5.74, 6) is -4.48. The Kier molecular flexibility index (Phi) is 58.2. The molecule has 0 fully saturated rings. The first-order valence-corrected chi connectivity index (χ1v) is 49.0. The molecule has 0 aromatic heterocycles. The van der Waals surface area contributed by atoms with E-state index in [1.165, 1.54) is 34.0 Å².